The fraction of sp³-hybridized carbons (Fsp3) is 0.261. The number of benzene rings is 2. The number of nitrogens with one attached hydrogen (secondary N) is 1. The summed E-state index contributed by atoms with van der Waals surface area (Å²) in [6.07, 6.45) is 2.65. The number of aromatic nitrogens is 2. The molecule has 0 bridgehead atoms. The maximum absolute atomic E-state index is 12.2. The number of aryl methyl sites for hydroxylation is 1. The molecule has 3 rings (SSSR count). The second-order valence-corrected chi connectivity index (χ2v) is 6.46. The van der Waals surface area contributed by atoms with Crippen LogP contribution in [0.1, 0.15) is 48.3 Å². The molecule has 1 heterocycles. The first kappa shape index (κ1) is 23.8. The minimum atomic E-state index is -0.178. The third kappa shape index (κ3) is 8.97. The van der Waals surface area contributed by atoms with Crippen molar-refractivity contribution in [2.45, 2.75) is 33.2 Å². The van der Waals surface area contributed by atoms with Crippen LogP contribution in [0, 0.1) is 5.82 Å². The molecule has 2 aromatic carbocycles. The molecule has 0 aliphatic heterocycles. The van der Waals surface area contributed by atoms with Crippen LogP contribution in [0.2, 0.25) is 0 Å². The van der Waals surface area contributed by atoms with Gasteiger partial charge in [0.1, 0.15) is 12.1 Å². The van der Waals surface area contributed by atoms with Gasteiger partial charge in [0.2, 0.25) is 0 Å². The van der Waals surface area contributed by atoms with Crippen LogP contribution in [0.15, 0.2) is 66.9 Å². The van der Waals surface area contributed by atoms with Crippen LogP contribution in [0.25, 0.3) is 0 Å². The second-order valence-electron chi connectivity index (χ2n) is 6.46. The van der Waals surface area contributed by atoms with Gasteiger partial charge in [0.05, 0.1) is 0 Å². The molecule has 0 aliphatic rings. The lowest BCUT2D eigenvalue weighted by atomic mass is 10.0. The van der Waals surface area contributed by atoms with E-state index < -0.39 is 0 Å². The van der Waals surface area contributed by atoms with Crippen molar-refractivity contribution in [3.05, 3.63) is 89.5 Å². The van der Waals surface area contributed by atoms with E-state index in [1.54, 1.807) is 22.9 Å². The topological polar surface area (TPSA) is 64.0 Å². The lowest BCUT2D eigenvalue weighted by molar-refractivity contribution is -0.106. The molecular weight excluding hydrogens is 369 g/mol. The summed E-state index contributed by atoms with van der Waals surface area (Å²) in [7, 11) is 1.83. The van der Waals surface area contributed by atoms with Gasteiger partial charge in [-0.25, -0.2) is 4.39 Å². The highest BCUT2D eigenvalue weighted by Crippen LogP contribution is 2.17. The SMILES string of the molecule is CC(C)c1cn(C)nc1C(=O)NCc1ccccc1.CC=O.Fc1ccccc1. The van der Waals surface area contributed by atoms with Crippen LogP contribution < -0.4 is 5.32 Å². The van der Waals surface area contributed by atoms with Crippen LogP contribution in [-0.2, 0) is 18.4 Å². The third-order valence-electron chi connectivity index (χ3n) is 3.72. The molecule has 0 unspecified atom stereocenters. The van der Waals surface area contributed by atoms with E-state index >= 15 is 0 Å². The molecule has 0 saturated heterocycles. The Balaban J connectivity index is 0.000000347. The van der Waals surface area contributed by atoms with Gasteiger partial charge in [-0.1, -0.05) is 62.4 Å². The smallest absolute Gasteiger partial charge is 0.272 e. The molecule has 0 radical (unpaired) electrons. The number of amides is 1. The molecule has 1 aromatic heterocycles. The van der Waals surface area contributed by atoms with E-state index in [9.17, 15) is 9.18 Å². The summed E-state index contributed by atoms with van der Waals surface area (Å²) in [5, 5.41) is 7.16. The normalized spacial score (nSPS) is 9.59. The average molecular weight is 397 g/mol. The number of nitrogens with zero attached hydrogens (tertiary/aromatic N) is 2. The fourth-order valence-electron chi connectivity index (χ4n) is 2.38. The quantitative estimate of drug-likeness (QED) is 0.659. The number of hydrogen-bond donors (Lipinski definition) is 1. The highest BCUT2D eigenvalue weighted by atomic mass is 19.1. The van der Waals surface area contributed by atoms with Crippen molar-refractivity contribution < 1.29 is 14.0 Å². The van der Waals surface area contributed by atoms with E-state index in [2.05, 4.69) is 24.3 Å². The summed E-state index contributed by atoms with van der Waals surface area (Å²) < 4.78 is 13.6. The molecule has 3 aromatic rings. The standard InChI is InChI=1S/C15H19N3O.C6H5F.C2H4O/c1-11(2)13-10-18(3)17-14(13)15(19)16-9-12-7-5-4-6-8-12;7-6-4-2-1-3-5-6;1-2-3/h4-8,10-11H,9H2,1-3H3,(H,16,19);1-5H;2H,1H3. The Kier molecular flexibility index (Phi) is 10.6. The number of hydrogen-bond acceptors (Lipinski definition) is 3. The summed E-state index contributed by atoms with van der Waals surface area (Å²) in [4.78, 5) is 21.0. The van der Waals surface area contributed by atoms with Crippen LogP contribution in [-0.4, -0.2) is 22.0 Å². The maximum atomic E-state index is 12.2. The van der Waals surface area contributed by atoms with Gasteiger partial charge in [-0.05, 0) is 30.5 Å². The molecule has 29 heavy (non-hydrogen) atoms. The Bertz CT molecular complexity index is 862. The van der Waals surface area contributed by atoms with Crippen LogP contribution in [0.5, 0.6) is 0 Å². The minimum Gasteiger partial charge on any atom is -0.347 e. The number of halogens is 1. The third-order valence-corrected chi connectivity index (χ3v) is 3.72. The average Bonchev–Trinajstić information content (AvgIpc) is 3.11. The predicted molar refractivity (Wildman–Crippen MR) is 113 cm³/mol. The Labute approximate surface area is 171 Å². The van der Waals surface area contributed by atoms with Gasteiger partial charge in [-0.3, -0.25) is 9.48 Å². The molecule has 6 heteroatoms. The molecule has 154 valence electrons. The molecular formula is C23H28FN3O2. The molecule has 0 spiro atoms. The van der Waals surface area contributed by atoms with Gasteiger partial charge in [-0.15, -0.1) is 0 Å². The van der Waals surface area contributed by atoms with Gasteiger partial charge < -0.3 is 10.1 Å². The van der Waals surface area contributed by atoms with Crippen molar-refractivity contribution in [1.29, 1.82) is 0 Å². The molecule has 0 aliphatic carbocycles. The highest BCUT2D eigenvalue weighted by molar-refractivity contribution is 5.93. The Morgan fingerprint density at radius 2 is 1.62 bits per heavy atom. The Morgan fingerprint density at radius 3 is 2.07 bits per heavy atom. The molecule has 1 N–H and O–H groups in total. The highest BCUT2D eigenvalue weighted by Gasteiger charge is 2.17. The first-order valence-corrected chi connectivity index (χ1v) is 9.35. The van der Waals surface area contributed by atoms with E-state index in [4.69, 9.17) is 4.79 Å². The van der Waals surface area contributed by atoms with E-state index in [1.807, 2.05) is 43.6 Å². The van der Waals surface area contributed by atoms with Crippen molar-refractivity contribution in [2.75, 3.05) is 0 Å². The summed E-state index contributed by atoms with van der Waals surface area (Å²) >= 11 is 0. The predicted octanol–water partition coefficient (Wildman–Crippen LogP) is 4.50. The van der Waals surface area contributed by atoms with Crippen molar-refractivity contribution in [3.63, 3.8) is 0 Å². The van der Waals surface area contributed by atoms with Gasteiger partial charge in [0, 0.05) is 25.4 Å². The largest absolute Gasteiger partial charge is 0.347 e. The number of aldehydes is 1. The van der Waals surface area contributed by atoms with Crippen LogP contribution in [0.4, 0.5) is 4.39 Å². The van der Waals surface area contributed by atoms with Gasteiger partial charge >= 0.3 is 0 Å². The lowest BCUT2D eigenvalue weighted by Gasteiger charge is -2.06. The van der Waals surface area contributed by atoms with E-state index in [-0.39, 0.29) is 17.6 Å². The zero-order chi connectivity index (χ0) is 21.6. The van der Waals surface area contributed by atoms with Gasteiger partial charge in [0.25, 0.3) is 5.91 Å². The van der Waals surface area contributed by atoms with Crippen LogP contribution >= 0.6 is 0 Å². The van der Waals surface area contributed by atoms with Crippen molar-refractivity contribution in [1.82, 2.24) is 15.1 Å². The zero-order valence-corrected chi connectivity index (χ0v) is 17.3. The maximum Gasteiger partial charge on any atom is 0.272 e. The first-order valence-electron chi connectivity index (χ1n) is 9.35. The van der Waals surface area contributed by atoms with E-state index in [0.29, 0.717) is 12.2 Å². The van der Waals surface area contributed by atoms with Crippen molar-refractivity contribution in [2.24, 2.45) is 7.05 Å². The summed E-state index contributed by atoms with van der Waals surface area (Å²) in [5.41, 5.74) is 2.58. The fourth-order valence-corrected chi connectivity index (χ4v) is 2.38. The first-order chi connectivity index (χ1) is 13.9. The number of carbonyl (C=O) groups is 2. The molecule has 0 fully saturated rings. The van der Waals surface area contributed by atoms with E-state index in [0.717, 1.165) is 17.4 Å². The molecule has 0 saturated carbocycles. The number of carbonyl (C=O) groups excluding carboxylic acids is 2. The molecule has 5 nitrogen and oxygen atoms in total. The Morgan fingerprint density at radius 1 is 1.10 bits per heavy atom. The van der Waals surface area contributed by atoms with Crippen molar-refractivity contribution in [3.8, 4) is 0 Å². The van der Waals surface area contributed by atoms with Gasteiger partial charge in [0.15, 0.2) is 5.69 Å². The zero-order valence-electron chi connectivity index (χ0n) is 17.3. The number of rotatable bonds is 4. The summed E-state index contributed by atoms with van der Waals surface area (Å²) in [6.45, 7) is 6.09. The Hall–Kier alpha value is -3.28. The summed E-state index contributed by atoms with van der Waals surface area (Å²) in [6, 6.07) is 17.8. The van der Waals surface area contributed by atoms with E-state index in [1.165, 1.54) is 19.1 Å². The molecule has 1 amide bonds. The molecule has 0 atom stereocenters. The van der Waals surface area contributed by atoms with Crippen molar-refractivity contribution >= 4 is 12.2 Å². The minimum absolute atomic E-state index is 0.117. The second kappa shape index (κ2) is 13.0. The lowest BCUT2D eigenvalue weighted by Crippen LogP contribution is -2.24. The summed E-state index contributed by atoms with van der Waals surface area (Å²) in [5.74, 6) is -0.0122. The van der Waals surface area contributed by atoms with Gasteiger partial charge in [-0.2, -0.15) is 5.10 Å². The monoisotopic (exact) mass is 397 g/mol. The van der Waals surface area contributed by atoms with Crippen LogP contribution in [0.3, 0.4) is 0 Å².